The molecule has 0 bridgehead atoms. The highest BCUT2D eigenvalue weighted by molar-refractivity contribution is 5.98. The van der Waals surface area contributed by atoms with E-state index in [2.05, 4.69) is 0 Å². The van der Waals surface area contributed by atoms with Gasteiger partial charge in [0.15, 0.2) is 5.78 Å². The highest BCUT2D eigenvalue weighted by Crippen LogP contribution is 2.26. The van der Waals surface area contributed by atoms with Crippen LogP contribution in [0.15, 0.2) is 24.3 Å². The second kappa shape index (κ2) is 4.04. The molecule has 1 rings (SSSR count). The van der Waals surface area contributed by atoms with Crippen LogP contribution in [0.1, 0.15) is 24.2 Å². The van der Waals surface area contributed by atoms with Crippen molar-refractivity contribution in [2.75, 3.05) is 0 Å². The van der Waals surface area contributed by atoms with Crippen LogP contribution in [-0.4, -0.2) is 11.7 Å². The van der Waals surface area contributed by atoms with Crippen LogP contribution in [0.2, 0.25) is 0 Å². The number of carbonyl (C=O) groups excluding carboxylic acids is 1. The topological polar surface area (TPSA) is 17.1 Å². The van der Waals surface area contributed by atoms with Crippen LogP contribution in [-0.2, 0) is 0 Å². The first-order valence-electron chi connectivity index (χ1n) is 4.50. The molecule has 1 atom stereocenters. The number of halogens is 3. The Morgan fingerprint density at radius 1 is 1.27 bits per heavy atom. The minimum atomic E-state index is -3.06. The number of carbonyl (C=O) groups is 1. The van der Waals surface area contributed by atoms with Gasteiger partial charge in [-0.05, 0) is 31.2 Å². The molecule has 0 fully saturated rings. The van der Waals surface area contributed by atoms with Crippen LogP contribution in [0.5, 0.6) is 0 Å². The fourth-order valence-electron chi connectivity index (χ4n) is 1.09. The lowest BCUT2D eigenvalue weighted by molar-refractivity contribution is -0.0222. The molecule has 1 aromatic rings. The number of hydrogen-bond donors (Lipinski definition) is 0. The quantitative estimate of drug-likeness (QED) is 0.708. The Kier molecular flexibility index (Phi) is 3.17. The summed E-state index contributed by atoms with van der Waals surface area (Å²) in [6.07, 6.45) is 0. The predicted molar refractivity (Wildman–Crippen MR) is 50.5 cm³/mol. The molecule has 1 aromatic carbocycles. The maximum atomic E-state index is 12.8. The van der Waals surface area contributed by atoms with E-state index in [1.165, 1.54) is 12.1 Å². The molecule has 1 unspecified atom stereocenters. The first-order valence-corrected chi connectivity index (χ1v) is 4.50. The van der Waals surface area contributed by atoms with E-state index in [1.807, 2.05) is 0 Å². The molecule has 82 valence electrons. The highest BCUT2D eigenvalue weighted by Gasteiger charge is 2.35. The average molecular weight is 216 g/mol. The van der Waals surface area contributed by atoms with Gasteiger partial charge in [-0.15, -0.1) is 0 Å². The molecule has 0 spiro atoms. The Hall–Kier alpha value is -1.32. The number of ketones is 1. The number of alkyl halides is 2. The van der Waals surface area contributed by atoms with Crippen LogP contribution >= 0.6 is 0 Å². The van der Waals surface area contributed by atoms with Crippen molar-refractivity contribution in [1.82, 2.24) is 0 Å². The Morgan fingerprint density at radius 2 is 1.73 bits per heavy atom. The summed E-state index contributed by atoms with van der Waals surface area (Å²) in [5, 5.41) is 0. The van der Waals surface area contributed by atoms with Gasteiger partial charge in [-0.25, -0.2) is 13.2 Å². The van der Waals surface area contributed by atoms with Gasteiger partial charge in [0, 0.05) is 12.5 Å². The molecule has 1 nitrogen and oxygen atoms in total. The van der Waals surface area contributed by atoms with Gasteiger partial charge in [-0.2, -0.15) is 0 Å². The lowest BCUT2D eigenvalue weighted by Crippen LogP contribution is -2.29. The van der Waals surface area contributed by atoms with Crippen LogP contribution in [0, 0.1) is 11.7 Å². The van der Waals surface area contributed by atoms with E-state index in [4.69, 9.17) is 0 Å². The third kappa shape index (κ3) is 2.81. The summed E-state index contributed by atoms with van der Waals surface area (Å²) < 4.78 is 38.2. The fourth-order valence-corrected chi connectivity index (χ4v) is 1.09. The molecule has 15 heavy (non-hydrogen) atoms. The van der Waals surface area contributed by atoms with E-state index in [1.54, 1.807) is 0 Å². The fraction of sp³-hybridized carbons (Fsp3) is 0.364. The molecule has 0 saturated heterocycles. The van der Waals surface area contributed by atoms with Crippen molar-refractivity contribution in [3.05, 3.63) is 35.6 Å². The molecular weight excluding hydrogens is 205 g/mol. The summed E-state index contributed by atoms with van der Waals surface area (Å²) >= 11 is 0. The maximum absolute atomic E-state index is 12.8. The Morgan fingerprint density at radius 3 is 2.13 bits per heavy atom. The number of benzene rings is 1. The molecule has 4 heteroatoms. The predicted octanol–water partition coefficient (Wildman–Crippen LogP) is 3.30. The van der Waals surface area contributed by atoms with Gasteiger partial charge in [-0.1, -0.05) is 0 Å². The largest absolute Gasteiger partial charge is 0.294 e. The lowest BCUT2D eigenvalue weighted by atomic mass is 9.94. The Balaban J connectivity index is 2.90. The average Bonchev–Trinajstić information content (AvgIpc) is 2.15. The van der Waals surface area contributed by atoms with Crippen molar-refractivity contribution >= 4 is 5.78 Å². The molecular formula is C11H11F3O. The molecule has 0 aromatic heterocycles. The summed E-state index contributed by atoms with van der Waals surface area (Å²) in [4.78, 5) is 11.5. The van der Waals surface area contributed by atoms with Crippen molar-refractivity contribution in [2.45, 2.75) is 19.8 Å². The van der Waals surface area contributed by atoms with Crippen molar-refractivity contribution < 1.29 is 18.0 Å². The minimum absolute atomic E-state index is 0.102. The maximum Gasteiger partial charge on any atom is 0.255 e. The molecule has 0 heterocycles. The molecule has 0 N–H and O–H groups in total. The van der Waals surface area contributed by atoms with Gasteiger partial charge in [-0.3, -0.25) is 4.79 Å². The van der Waals surface area contributed by atoms with Gasteiger partial charge in [0.2, 0.25) is 0 Å². The Bertz CT molecular complexity index is 351. The molecule has 0 radical (unpaired) electrons. The summed E-state index contributed by atoms with van der Waals surface area (Å²) in [5.74, 6) is -5.64. The van der Waals surface area contributed by atoms with Gasteiger partial charge in [0.25, 0.3) is 5.92 Å². The minimum Gasteiger partial charge on any atom is -0.294 e. The summed E-state index contributed by atoms with van der Waals surface area (Å²) in [5.41, 5.74) is 0.102. The molecule has 0 aliphatic rings. The normalized spacial score (nSPS) is 13.7. The monoisotopic (exact) mass is 216 g/mol. The molecule has 0 amide bonds. The van der Waals surface area contributed by atoms with E-state index in [0.29, 0.717) is 6.92 Å². The van der Waals surface area contributed by atoms with Crippen LogP contribution in [0.3, 0.4) is 0 Å². The molecule has 0 saturated carbocycles. The smallest absolute Gasteiger partial charge is 0.255 e. The highest BCUT2D eigenvalue weighted by atomic mass is 19.3. The SMILES string of the molecule is CC(C(=O)c1ccc(F)cc1)C(C)(F)F. The zero-order valence-electron chi connectivity index (χ0n) is 8.43. The number of hydrogen-bond acceptors (Lipinski definition) is 1. The van der Waals surface area contributed by atoms with Crippen LogP contribution in [0.25, 0.3) is 0 Å². The van der Waals surface area contributed by atoms with Gasteiger partial charge in [0.1, 0.15) is 5.82 Å². The van der Waals surface area contributed by atoms with Crippen molar-refractivity contribution in [3.63, 3.8) is 0 Å². The molecule has 0 aliphatic heterocycles. The zero-order chi connectivity index (χ0) is 11.6. The Labute approximate surface area is 85.9 Å². The van der Waals surface area contributed by atoms with E-state index in [0.717, 1.165) is 19.1 Å². The van der Waals surface area contributed by atoms with Gasteiger partial charge in [0.05, 0.1) is 5.92 Å². The summed E-state index contributed by atoms with van der Waals surface area (Å²) in [6.45, 7) is 1.85. The van der Waals surface area contributed by atoms with Crippen LogP contribution in [0.4, 0.5) is 13.2 Å². The zero-order valence-corrected chi connectivity index (χ0v) is 8.43. The van der Waals surface area contributed by atoms with Crippen molar-refractivity contribution in [1.29, 1.82) is 0 Å². The lowest BCUT2D eigenvalue weighted by Gasteiger charge is -2.17. The van der Waals surface area contributed by atoms with Gasteiger partial charge >= 0.3 is 0 Å². The third-order valence-electron chi connectivity index (χ3n) is 2.28. The first kappa shape index (κ1) is 11.8. The second-order valence-corrected chi connectivity index (χ2v) is 3.55. The summed E-state index contributed by atoms with van der Waals surface area (Å²) in [6, 6.07) is 4.57. The van der Waals surface area contributed by atoms with E-state index in [-0.39, 0.29) is 5.56 Å². The second-order valence-electron chi connectivity index (χ2n) is 3.55. The van der Waals surface area contributed by atoms with E-state index in [9.17, 15) is 18.0 Å². The number of Topliss-reactive ketones (excluding diaryl/α,β-unsaturated/α-hetero) is 1. The first-order chi connectivity index (χ1) is 6.82. The van der Waals surface area contributed by atoms with E-state index >= 15 is 0 Å². The third-order valence-corrected chi connectivity index (χ3v) is 2.28. The standard InChI is InChI=1S/C11H11F3O/c1-7(11(2,13)14)10(15)8-3-5-9(12)6-4-8/h3-7H,1-2H3. The van der Waals surface area contributed by atoms with Crippen molar-refractivity contribution in [3.8, 4) is 0 Å². The van der Waals surface area contributed by atoms with Crippen molar-refractivity contribution in [2.24, 2.45) is 5.92 Å². The number of rotatable bonds is 3. The van der Waals surface area contributed by atoms with Gasteiger partial charge < -0.3 is 0 Å². The molecule has 0 aliphatic carbocycles. The van der Waals surface area contributed by atoms with Crippen LogP contribution < -0.4 is 0 Å². The summed E-state index contributed by atoms with van der Waals surface area (Å²) in [7, 11) is 0. The van der Waals surface area contributed by atoms with E-state index < -0.39 is 23.4 Å².